The SMILES string of the molecule is Cc1ccc(C(=O)O)cc1NC(=O)/C=C/c1ccc(Cl)cc1Cl. The zero-order valence-corrected chi connectivity index (χ0v) is 13.7. The van der Waals surface area contributed by atoms with E-state index in [0.717, 1.165) is 5.56 Å². The minimum Gasteiger partial charge on any atom is -0.478 e. The van der Waals surface area contributed by atoms with Crippen molar-refractivity contribution in [1.82, 2.24) is 0 Å². The lowest BCUT2D eigenvalue weighted by Crippen LogP contribution is -2.10. The number of halogens is 2. The normalized spacial score (nSPS) is 10.7. The lowest BCUT2D eigenvalue weighted by atomic mass is 10.1. The maximum atomic E-state index is 12.0. The molecule has 23 heavy (non-hydrogen) atoms. The first kappa shape index (κ1) is 17.1. The maximum absolute atomic E-state index is 12.0. The number of rotatable bonds is 4. The monoisotopic (exact) mass is 349 g/mol. The van der Waals surface area contributed by atoms with Crippen molar-refractivity contribution in [2.75, 3.05) is 5.32 Å². The van der Waals surface area contributed by atoms with E-state index in [1.54, 1.807) is 37.3 Å². The van der Waals surface area contributed by atoms with Gasteiger partial charge in [0.25, 0.3) is 0 Å². The molecule has 0 saturated heterocycles. The van der Waals surface area contributed by atoms with Gasteiger partial charge in [0.15, 0.2) is 0 Å². The van der Waals surface area contributed by atoms with E-state index in [0.29, 0.717) is 21.3 Å². The molecular weight excluding hydrogens is 337 g/mol. The number of anilines is 1. The molecule has 0 heterocycles. The number of carboxylic acid groups (broad SMARTS) is 1. The standard InChI is InChI=1S/C17H13Cl2NO3/c1-10-2-3-12(17(22)23)8-15(10)20-16(21)7-5-11-4-6-13(18)9-14(11)19/h2-9H,1H3,(H,20,21)(H,22,23)/b7-5+. The van der Waals surface area contributed by atoms with Crippen LogP contribution in [0.2, 0.25) is 10.0 Å². The van der Waals surface area contributed by atoms with Crippen LogP contribution in [0.4, 0.5) is 5.69 Å². The number of aromatic carboxylic acids is 1. The zero-order valence-electron chi connectivity index (χ0n) is 12.1. The van der Waals surface area contributed by atoms with Gasteiger partial charge in [0.1, 0.15) is 0 Å². The summed E-state index contributed by atoms with van der Waals surface area (Å²) in [6.07, 6.45) is 2.88. The van der Waals surface area contributed by atoms with E-state index in [1.807, 2.05) is 0 Å². The highest BCUT2D eigenvalue weighted by atomic mass is 35.5. The zero-order chi connectivity index (χ0) is 17.0. The van der Waals surface area contributed by atoms with Crippen LogP contribution < -0.4 is 5.32 Å². The number of benzene rings is 2. The van der Waals surface area contributed by atoms with Crippen LogP contribution in [-0.2, 0) is 4.79 Å². The van der Waals surface area contributed by atoms with Crippen molar-refractivity contribution in [3.63, 3.8) is 0 Å². The summed E-state index contributed by atoms with van der Waals surface area (Å²) in [5.74, 6) is -1.44. The van der Waals surface area contributed by atoms with E-state index in [4.69, 9.17) is 28.3 Å². The number of carbonyl (C=O) groups excluding carboxylic acids is 1. The number of carbonyl (C=O) groups is 2. The molecular formula is C17H13Cl2NO3. The molecule has 0 aliphatic heterocycles. The Kier molecular flexibility index (Phi) is 5.42. The second-order valence-electron chi connectivity index (χ2n) is 4.82. The van der Waals surface area contributed by atoms with Crippen molar-refractivity contribution in [3.8, 4) is 0 Å². The first-order chi connectivity index (χ1) is 10.9. The van der Waals surface area contributed by atoms with Crippen LogP contribution in [-0.4, -0.2) is 17.0 Å². The molecule has 2 rings (SSSR count). The highest BCUT2D eigenvalue weighted by Crippen LogP contribution is 2.22. The number of amides is 1. The molecule has 4 nitrogen and oxygen atoms in total. The van der Waals surface area contributed by atoms with E-state index < -0.39 is 5.97 Å². The third kappa shape index (κ3) is 4.58. The lowest BCUT2D eigenvalue weighted by molar-refractivity contribution is -0.111. The van der Waals surface area contributed by atoms with Crippen molar-refractivity contribution < 1.29 is 14.7 Å². The van der Waals surface area contributed by atoms with Crippen molar-refractivity contribution in [3.05, 3.63) is 69.2 Å². The van der Waals surface area contributed by atoms with Gasteiger partial charge < -0.3 is 10.4 Å². The molecule has 2 aromatic carbocycles. The van der Waals surface area contributed by atoms with Gasteiger partial charge in [0, 0.05) is 21.8 Å². The first-order valence-corrected chi connectivity index (χ1v) is 7.40. The Morgan fingerprint density at radius 3 is 2.52 bits per heavy atom. The van der Waals surface area contributed by atoms with Gasteiger partial charge in [-0.15, -0.1) is 0 Å². The Bertz CT molecular complexity index is 800. The highest BCUT2D eigenvalue weighted by Gasteiger charge is 2.08. The predicted octanol–water partition coefficient (Wildman–Crippen LogP) is 4.65. The van der Waals surface area contributed by atoms with Gasteiger partial charge in [-0.1, -0.05) is 35.3 Å². The van der Waals surface area contributed by atoms with Crippen LogP contribution in [0.15, 0.2) is 42.5 Å². The average Bonchev–Trinajstić information content (AvgIpc) is 2.48. The lowest BCUT2D eigenvalue weighted by Gasteiger charge is -2.07. The number of nitrogens with one attached hydrogen (secondary N) is 1. The van der Waals surface area contributed by atoms with Crippen LogP contribution in [0.1, 0.15) is 21.5 Å². The Labute approximate surface area is 143 Å². The van der Waals surface area contributed by atoms with E-state index in [9.17, 15) is 9.59 Å². The predicted molar refractivity (Wildman–Crippen MR) is 92.3 cm³/mol. The highest BCUT2D eigenvalue weighted by molar-refractivity contribution is 6.35. The second-order valence-corrected chi connectivity index (χ2v) is 5.67. The van der Waals surface area contributed by atoms with Crippen LogP contribution in [0.25, 0.3) is 6.08 Å². The summed E-state index contributed by atoms with van der Waals surface area (Å²) in [6.45, 7) is 1.78. The van der Waals surface area contributed by atoms with Gasteiger partial charge in [-0.05, 0) is 48.4 Å². The fraction of sp³-hybridized carbons (Fsp3) is 0.0588. The van der Waals surface area contributed by atoms with E-state index in [1.165, 1.54) is 18.2 Å². The Hall–Kier alpha value is -2.30. The summed E-state index contributed by atoms with van der Waals surface area (Å²) in [4.78, 5) is 23.0. The molecule has 0 saturated carbocycles. The second kappa shape index (κ2) is 7.31. The van der Waals surface area contributed by atoms with E-state index >= 15 is 0 Å². The van der Waals surface area contributed by atoms with Gasteiger partial charge in [-0.2, -0.15) is 0 Å². The molecule has 0 bridgehead atoms. The minimum absolute atomic E-state index is 0.107. The summed E-state index contributed by atoms with van der Waals surface area (Å²) in [7, 11) is 0. The molecule has 0 radical (unpaired) electrons. The molecule has 0 unspecified atom stereocenters. The Balaban J connectivity index is 2.14. The summed E-state index contributed by atoms with van der Waals surface area (Å²) < 4.78 is 0. The molecule has 6 heteroatoms. The van der Waals surface area contributed by atoms with Crippen molar-refractivity contribution in [2.45, 2.75) is 6.92 Å². The fourth-order valence-electron chi connectivity index (χ4n) is 1.87. The number of hydrogen-bond donors (Lipinski definition) is 2. The van der Waals surface area contributed by atoms with Gasteiger partial charge in [0.05, 0.1) is 5.56 Å². The van der Waals surface area contributed by atoms with Gasteiger partial charge in [-0.3, -0.25) is 4.79 Å². The fourth-order valence-corrected chi connectivity index (χ4v) is 2.34. The van der Waals surface area contributed by atoms with Crippen LogP contribution in [0.3, 0.4) is 0 Å². The third-order valence-electron chi connectivity index (χ3n) is 3.12. The molecule has 0 aliphatic carbocycles. The van der Waals surface area contributed by atoms with Gasteiger partial charge >= 0.3 is 5.97 Å². The molecule has 0 aliphatic rings. The van der Waals surface area contributed by atoms with Gasteiger partial charge in [-0.25, -0.2) is 4.79 Å². The Morgan fingerprint density at radius 1 is 1.13 bits per heavy atom. The largest absolute Gasteiger partial charge is 0.478 e. The third-order valence-corrected chi connectivity index (χ3v) is 3.68. The van der Waals surface area contributed by atoms with Crippen molar-refractivity contribution >= 4 is 46.8 Å². The molecule has 0 aromatic heterocycles. The molecule has 2 N–H and O–H groups in total. The number of carboxylic acids is 1. The molecule has 0 fully saturated rings. The molecule has 0 atom stereocenters. The number of aryl methyl sites for hydroxylation is 1. The Morgan fingerprint density at radius 2 is 1.87 bits per heavy atom. The summed E-state index contributed by atoms with van der Waals surface area (Å²) in [6, 6.07) is 9.49. The van der Waals surface area contributed by atoms with Crippen LogP contribution in [0.5, 0.6) is 0 Å². The number of hydrogen-bond acceptors (Lipinski definition) is 2. The first-order valence-electron chi connectivity index (χ1n) is 6.65. The summed E-state index contributed by atoms with van der Waals surface area (Å²) >= 11 is 11.8. The topological polar surface area (TPSA) is 66.4 Å². The van der Waals surface area contributed by atoms with Crippen molar-refractivity contribution in [2.24, 2.45) is 0 Å². The minimum atomic E-state index is -1.05. The molecule has 1 amide bonds. The quantitative estimate of drug-likeness (QED) is 0.789. The van der Waals surface area contributed by atoms with Crippen LogP contribution >= 0.6 is 23.2 Å². The average molecular weight is 350 g/mol. The maximum Gasteiger partial charge on any atom is 0.335 e. The van der Waals surface area contributed by atoms with Crippen LogP contribution in [0, 0.1) is 6.92 Å². The van der Waals surface area contributed by atoms with E-state index in [-0.39, 0.29) is 11.5 Å². The summed E-state index contributed by atoms with van der Waals surface area (Å²) in [5.41, 5.74) is 1.97. The van der Waals surface area contributed by atoms with Crippen molar-refractivity contribution in [1.29, 1.82) is 0 Å². The molecule has 2 aromatic rings. The van der Waals surface area contributed by atoms with E-state index in [2.05, 4.69) is 5.32 Å². The smallest absolute Gasteiger partial charge is 0.335 e. The summed E-state index contributed by atoms with van der Waals surface area (Å²) in [5, 5.41) is 12.6. The molecule has 118 valence electrons. The van der Waals surface area contributed by atoms with Gasteiger partial charge in [0.2, 0.25) is 5.91 Å². The molecule has 0 spiro atoms.